The molecule has 0 atom stereocenters. The van der Waals surface area contributed by atoms with Crippen LogP contribution in [0.15, 0.2) is 60.7 Å². The van der Waals surface area contributed by atoms with Gasteiger partial charge in [-0.25, -0.2) is 8.78 Å². The molecule has 0 bridgehead atoms. The van der Waals surface area contributed by atoms with Crippen LogP contribution in [0.2, 0.25) is 0 Å². The predicted octanol–water partition coefficient (Wildman–Crippen LogP) is 6.07. The molecule has 0 aromatic heterocycles. The summed E-state index contributed by atoms with van der Waals surface area (Å²) in [7, 11) is 0. The third-order valence-corrected chi connectivity index (χ3v) is 3.71. The smallest absolute Gasteiger partial charge is 0.159 e. The topological polar surface area (TPSA) is 47.6 Å². The van der Waals surface area contributed by atoms with Crippen molar-refractivity contribution in [3.63, 3.8) is 0 Å². The molecular formula is C22H16F2N2. The van der Waals surface area contributed by atoms with Crippen LogP contribution >= 0.6 is 0 Å². The number of benzene rings is 3. The van der Waals surface area contributed by atoms with Gasteiger partial charge in [-0.05, 0) is 58.7 Å². The van der Waals surface area contributed by atoms with Crippen molar-refractivity contribution in [2.24, 2.45) is 0 Å². The van der Waals surface area contributed by atoms with Crippen molar-refractivity contribution in [2.75, 3.05) is 0 Å². The van der Waals surface area contributed by atoms with Gasteiger partial charge in [0, 0.05) is 0 Å². The normalized spacial score (nSPS) is 9.46. The second-order valence-electron chi connectivity index (χ2n) is 5.19. The molecule has 2 nitrogen and oxygen atoms in total. The number of nitriles is 2. The van der Waals surface area contributed by atoms with Crippen molar-refractivity contribution in [1.82, 2.24) is 0 Å². The van der Waals surface area contributed by atoms with Crippen LogP contribution in [0, 0.1) is 34.3 Å². The van der Waals surface area contributed by atoms with E-state index in [1.165, 1.54) is 0 Å². The lowest BCUT2D eigenvalue weighted by molar-refractivity contribution is 0.509. The molecule has 0 saturated heterocycles. The van der Waals surface area contributed by atoms with Crippen LogP contribution in [-0.2, 0) is 0 Å². The van der Waals surface area contributed by atoms with Gasteiger partial charge in [0.05, 0.1) is 23.3 Å². The monoisotopic (exact) mass is 346 g/mol. The van der Waals surface area contributed by atoms with E-state index < -0.39 is 11.6 Å². The van der Waals surface area contributed by atoms with Gasteiger partial charge in [-0.2, -0.15) is 10.5 Å². The van der Waals surface area contributed by atoms with Gasteiger partial charge >= 0.3 is 0 Å². The van der Waals surface area contributed by atoms with Crippen molar-refractivity contribution in [2.45, 2.75) is 13.8 Å². The lowest BCUT2D eigenvalue weighted by atomic mass is 9.93. The molecule has 0 radical (unpaired) electrons. The molecule has 0 aliphatic rings. The second-order valence-corrected chi connectivity index (χ2v) is 5.19. The van der Waals surface area contributed by atoms with E-state index >= 15 is 0 Å². The van der Waals surface area contributed by atoms with Gasteiger partial charge in [0.2, 0.25) is 0 Å². The van der Waals surface area contributed by atoms with Gasteiger partial charge in [0.1, 0.15) is 0 Å². The quantitative estimate of drug-likeness (QED) is 0.565. The standard InChI is InChI=1S/C20H10F2N2.C2H6/c21-19-9-17(15-5-1-13(11-23)2-6-15)18(10-20(19)22)16-7-3-14(12-24)4-8-16;1-2/h1-10H;1-2H3. The number of rotatable bonds is 2. The molecule has 0 spiro atoms. The molecule has 0 aliphatic carbocycles. The molecule has 0 heterocycles. The molecule has 4 heteroatoms. The SMILES string of the molecule is CC.N#Cc1ccc(-c2cc(F)c(F)cc2-c2ccc(C#N)cc2)cc1. The van der Waals surface area contributed by atoms with Crippen LogP contribution in [0.1, 0.15) is 25.0 Å². The van der Waals surface area contributed by atoms with Crippen molar-refractivity contribution in [3.05, 3.63) is 83.4 Å². The van der Waals surface area contributed by atoms with E-state index in [9.17, 15) is 8.78 Å². The first-order valence-electron chi connectivity index (χ1n) is 8.12. The summed E-state index contributed by atoms with van der Waals surface area (Å²) in [6.45, 7) is 4.00. The zero-order chi connectivity index (χ0) is 19.1. The Morgan fingerprint density at radius 1 is 0.615 bits per heavy atom. The van der Waals surface area contributed by atoms with Gasteiger partial charge in [0.15, 0.2) is 11.6 Å². The molecule has 3 aromatic rings. The van der Waals surface area contributed by atoms with Crippen molar-refractivity contribution < 1.29 is 8.78 Å². The van der Waals surface area contributed by atoms with E-state index in [2.05, 4.69) is 0 Å². The Morgan fingerprint density at radius 3 is 1.19 bits per heavy atom. The molecule has 0 aliphatic heterocycles. The number of hydrogen-bond acceptors (Lipinski definition) is 2. The maximum Gasteiger partial charge on any atom is 0.159 e. The molecular weight excluding hydrogens is 330 g/mol. The van der Waals surface area contributed by atoms with Gasteiger partial charge in [-0.1, -0.05) is 38.1 Å². The van der Waals surface area contributed by atoms with E-state index in [0.29, 0.717) is 33.4 Å². The van der Waals surface area contributed by atoms with E-state index in [-0.39, 0.29) is 0 Å². The molecule has 26 heavy (non-hydrogen) atoms. The first-order chi connectivity index (χ1) is 12.6. The highest BCUT2D eigenvalue weighted by Gasteiger charge is 2.13. The Kier molecular flexibility index (Phi) is 6.20. The Morgan fingerprint density at radius 2 is 0.923 bits per heavy atom. The summed E-state index contributed by atoms with van der Waals surface area (Å²) in [5.41, 5.74) is 3.35. The highest BCUT2D eigenvalue weighted by atomic mass is 19.2. The maximum absolute atomic E-state index is 13.8. The summed E-state index contributed by atoms with van der Waals surface area (Å²) in [5.74, 6) is -1.88. The third kappa shape index (κ3) is 3.94. The maximum atomic E-state index is 13.8. The van der Waals surface area contributed by atoms with Crippen molar-refractivity contribution in [1.29, 1.82) is 10.5 Å². The second kappa shape index (κ2) is 8.55. The van der Waals surface area contributed by atoms with Gasteiger partial charge < -0.3 is 0 Å². The summed E-state index contributed by atoms with van der Waals surface area (Å²) < 4.78 is 27.5. The molecule has 3 aromatic carbocycles. The minimum atomic E-state index is -0.938. The summed E-state index contributed by atoms with van der Waals surface area (Å²) >= 11 is 0. The molecule has 0 unspecified atom stereocenters. The Balaban J connectivity index is 0.00000117. The van der Waals surface area contributed by atoms with Crippen LogP contribution < -0.4 is 0 Å². The number of nitrogens with zero attached hydrogens (tertiary/aromatic N) is 2. The van der Waals surface area contributed by atoms with E-state index in [0.717, 1.165) is 12.1 Å². The number of hydrogen-bond donors (Lipinski definition) is 0. The van der Waals surface area contributed by atoms with E-state index in [1.807, 2.05) is 26.0 Å². The largest absolute Gasteiger partial charge is 0.204 e. The first-order valence-corrected chi connectivity index (χ1v) is 8.12. The Hall–Kier alpha value is -3.50. The molecule has 0 fully saturated rings. The van der Waals surface area contributed by atoms with Crippen LogP contribution in [0.4, 0.5) is 8.78 Å². The number of halogens is 2. The van der Waals surface area contributed by atoms with Crippen LogP contribution in [0.3, 0.4) is 0 Å². The average Bonchev–Trinajstić information content (AvgIpc) is 2.71. The molecule has 0 saturated carbocycles. The van der Waals surface area contributed by atoms with Gasteiger partial charge in [-0.15, -0.1) is 0 Å². The lowest BCUT2D eigenvalue weighted by Crippen LogP contribution is -1.92. The van der Waals surface area contributed by atoms with Crippen molar-refractivity contribution >= 4 is 0 Å². The fourth-order valence-corrected chi connectivity index (χ4v) is 2.47. The summed E-state index contributed by atoms with van der Waals surface area (Å²) in [5, 5.41) is 17.8. The van der Waals surface area contributed by atoms with Gasteiger partial charge in [0.25, 0.3) is 0 Å². The summed E-state index contributed by atoms with van der Waals surface area (Å²) in [6, 6.07) is 19.6. The van der Waals surface area contributed by atoms with Gasteiger partial charge in [-0.3, -0.25) is 0 Å². The third-order valence-electron chi connectivity index (χ3n) is 3.71. The molecule has 3 rings (SSSR count). The molecule has 0 amide bonds. The highest BCUT2D eigenvalue weighted by molar-refractivity contribution is 5.83. The minimum Gasteiger partial charge on any atom is -0.204 e. The van der Waals surface area contributed by atoms with Crippen LogP contribution in [-0.4, -0.2) is 0 Å². The van der Waals surface area contributed by atoms with E-state index in [1.54, 1.807) is 48.5 Å². The Bertz CT molecular complexity index is 894. The van der Waals surface area contributed by atoms with E-state index in [4.69, 9.17) is 10.5 Å². The fraction of sp³-hybridized carbons (Fsp3) is 0.0909. The zero-order valence-corrected chi connectivity index (χ0v) is 14.4. The lowest BCUT2D eigenvalue weighted by Gasteiger charge is -2.11. The first kappa shape index (κ1) is 18.8. The highest BCUT2D eigenvalue weighted by Crippen LogP contribution is 2.34. The summed E-state index contributed by atoms with van der Waals surface area (Å²) in [4.78, 5) is 0. The van der Waals surface area contributed by atoms with Crippen LogP contribution in [0.25, 0.3) is 22.3 Å². The minimum absolute atomic E-state index is 0.487. The molecule has 128 valence electrons. The molecule has 0 N–H and O–H groups in total. The zero-order valence-electron chi connectivity index (χ0n) is 14.4. The fourth-order valence-electron chi connectivity index (χ4n) is 2.47. The average molecular weight is 346 g/mol. The van der Waals surface area contributed by atoms with Crippen LogP contribution in [0.5, 0.6) is 0 Å². The Labute approximate surface area is 151 Å². The predicted molar refractivity (Wildman–Crippen MR) is 98.0 cm³/mol. The summed E-state index contributed by atoms with van der Waals surface area (Å²) in [6.07, 6.45) is 0. The van der Waals surface area contributed by atoms with Crippen molar-refractivity contribution in [3.8, 4) is 34.4 Å².